The molecule has 0 aromatic heterocycles. The maximum absolute atomic E-state index is 2.37. The molecule has 0 heterocycles. The van der Waals surface area contributed by atoms with Crippen molar-refractivity contribution in [1.82, 2.24) is 0 Å². The summed E-state index contributed by atoms with van der Waals surface area (Å²) in [5, 5.41) is 0. The molecule has 0 atom stereocenters. The fourth-order valence-corrected chi connectivity index (χ4v) is 8.56. The van der Waals surface area contributed by atoms with E-state index in [0.717, 1.165) is 45.3 Å². The Balaban J connectivity index is 1.03. The Hall–Kier alpha value is -8.20. The number of hydrogen-bond donors (Lipinski definition) is 0. The maximum Gasteiger partial charge on any atom is 0.0473 e. The Labute approximate surface area is 377 Å². The van der Waals surface area contributed by atoms with Gasteiger partial charge in [-0.15, -0.1) is 0 Å². The lowest BCUT2D eigenvalue weighted by Gasteiger charge is -2.28. The van der Waals surface area contributed by atoms with Crippen molar-refractivity contribution in [2.75, 3.05) is 9.80 Å². The van der Waals surface area contributed by atoms with E-state index in [4.69, 9.17) is 0 Å². The van der Waals surface area contributed by atoms with E-state index in [2.05, 4.69) is 278 Å². The van der Waals surface area contributed by atoms with Crippen molar-refractivity contribution >= 4 is 34.1 Å². The highest BCUT2D eigenvalue weighted by Gasteiger charge is 2.18. The van der Waals surface area contributed by atoms with Gasteiger partial charge in [0.25, 0.3) is 0 Å². The Morgan fingerprint density at radius 2 is 0.406 bits per heavy atom. The molecular weight excluding hydrogens is 773 g/mol. The normalized spacial score (nSPS) is 11.0. The van der Waals surface area contributed by atoms with Crippen LogP contribution >= 0.6 is 0 Å². The molecule has 0 N–H and O–H groups in total. The minimum atomic E-state index is 1.09. The molecule has 0 saturated heterocycles. The average molecular weight is 821 g/mol. The smallest absolute Gasteiger partial charge is 0.0473 e. The van der Waals surface area contributed by atoms with Gasteiger partial charge in [0.1, 0.15) is 0 Å². The molecule has 0 bridgehead atoms. The van der Waals surface area contributed by atoms with Crippen LogP contribution in [0.15, 0.2) is 255 Å². The van der Waals surface area contributed by atoms with Crippen LogP contribution in [0.2, 0.25) is 0 Å². The van der Waals surface area contributed by atoms with Gasteiger partial charge >= 0.3 is 0 Å². The Bertz CT molecular complexity index is 2770. The highest BCUT2D eigenvalue weighted by atomic mass is 15.1. The second kappa shape index (κ2) is 18.0. The molecule has 2 heteroatoms. The lowest BCUT2D eigenvalue weighted by molar-refractivity contribution is 1.27. The van der Waals surface area contributed by atoms with Crippen LogP contribution in [0.5, 0.6) is 0 Å². The first kappa shape index (κ1) is 39.9. The van der Waals surface area contributed by atoms with E-state index in [1.54, 1.807) is 0 Å². The molecule has 0 radical (unpaired) electrons. The average Bonchev–Trinajstić information content (AvgIpc) is 3.37. The third-order valence-corrected chi connectivity index (χ3v) is 11.9. The first-order valence-electron chi connectivity index (χ1n) is 22.0. The zero-order valence-electron chi connectivity index (χ0n) is 36.1. The van der Waals surface area contributed by atoms with Crippen molar-refractivity contribution in [3.8, 4) is 55.6 Å². The van der Waals surface area contributed by atoms with E-state index in [-0.39, 0.29) is 0 Å². The number of anilines is 6. The van der Waals surface area contributed by atoms with Gasteiger partial charge in [0.15, 0.2) is 0 Å². The summed E-state index contributed by atoms with van der Waals surface area (Å²) in [6, 6.07) is 92.2. The lowest BCUT2D eigenvalue weighted by Crippen LogP contribution is -2.10. The van der Waals surface area contributed by atoms with Crippen molar-refractivity contribution < 1.29 is 0 Å². The van der Waals surface area contributed by atoms with Crippen LogP contribution in [0.4, 0.5) is 34.1 Å². The van der Waals surface area contributed by atoms with Gasteiger partial charge in [-0.25, -0.2) is 0 Å². The summed E-state index contributed by atoms with van der Waals surface area (Å²) in [7, 11) is 0. The van der Waals surface area contributed by atoms with Gasteiger partial charge in [0, 0.05) is 34.1 Å². The van der Waals surface area contributed by atoms with Crippen molar-refractivity contribution in [3.05, 3.63) is 266 Å². The van der Waals surface area contributed by atoms with Gasteiger partial charge in [0.2, 0.25) is 0 Å². The molecule has 0 fully saturated rings. The summed E-state index contributed by atoms with van der Waals surface area (Å²) < 4.78 is 0. The molecule has 10 rings (SSSR count). The van der Waals surface area contributed by atoms with Gasteiger partial charge in [-0.05, 0) is 154 Å². The van der Waals surface area contributed by atoms with Crippen LogP contribution in [0.1, 0.15) is 11.1 Å². The van der Waals surface area contributed by atoms with Gasteiger partial charge < -0.3 is 9.80 Å². The van der Waals surface area contributed by atoms with Crippen LogP contribution in [-0.4, -0.2) is 0 Å². The van der Waals surface area contributed by atoms with Gasteiger partial charge in [-0.2, -0.15) is 0 Å². The molecule has 2 nitrogen and oxygen atoms in total. The zero-order valence-corrected chi connectivity index (χ0v) is 36.1. The standard InChI is InChI=1S/C62H48N2/c1-45-23-31-57(32-24-45)63(61-41-53(47-15-7-3-8-16-47)39-54(42-61)48-17-9-4-10-18-48)59-35-27-51(28-36-59)52-29-37-60(38-30-52)64(58-33-25-46(2)26-34-58)62-43-55(49-19-11-5-12-20-49)40-56(44-62)50-21-13-6-14-22-50/h3-44H,1-2H3. The molecule has 0 aliphatic carbocycles. The minimum Gasteiger partial charge on any atom is -0.310 e. The molecule has 0 amide bonds. The highest BCUT2D eigenvalue weighted by molar-refractivity contribution is 5.88. The zero-order chi connectivity index (χ0) is 43.2. The van der Waals surface area contributed by atoms with Crippen LogP contribution in [0.3, 0.4) is 0 Å². The molecule has 64 heavy (non-hydrogen) atoms. The Morgan fingerprint density at radius 1 is 0.188 bits per heavy atom. The van der Waals surface area contributed by atoms with E-state index in [1.807, 2.05) is 0 Å². The molecule has 0 aliphatic heterocycles. The van der Waals surface area contributed by atoms with Crippen LogP contribution in [0.25, 0.3) is 55.6 Å². The summed E-state index contributed by atoms with van der Waals surface area (Å²) in [5.41, 5.74) is 20.8. The van der Waals surface area contributed by atoms with Crippen LogP contribution in [0, 0.1) is 13.8 Å². The summed E-state index contributed by atoms with van der Waals surface area (Å²) in [6.07, 6.45) is 0. The van der Waals surface area contributed by atoms with E-state index in [0.29, 0.717) is 0 Å². The van der Waals surface area contributed by atoms with Crippen molar-refractivity contribution in [3.63, 3.8) is 0 Å². The summed E-state index contributed by atoms with van der Waals surface area (Å²) in [5.74, 6) is 0. The molecule has 0 aliphatic rings. The van der Waals surface area contributed by atoms with E-state index in [1.165, 1.54) is 55.6 Å². The van der Waals surface area contributed by atoms with Gasteiger partial charge in [-0.1, -0.05) is 181 Å². The molecule has 0 spiro atoms. The van der Waals surface area contributed by atoms with E-state index < -0.39 is 0 Å². The van der Waals surface area contributed by atoms with E-state index >= 15 is 0 Å². The summed E-state index contributed by atoms with van der Waals surface area (Å²) in [4.78, 5) is 4.75. The number of aryl methyl sites for hydroxylation is 2. The molecular formula is C62H48N2. The second-order valence-electron chi connectivity index (χ2n) is 16.4. The number of hydrogen-bond acceptors (Lipinski definition) is 2. The largest absolute Gasteiger partial charge is 0.310 e. The number of nitrogens with zero attached hydrogens (tertiary/aromatic N) is 2. The second-order valence-corrected chi connectivity index (χ2v) is 16.4. The highest BCUT2D eigenvalue weighted by Crippen LogP contribution is 2.43. The topological polar surface area (TPSA) is 6.48 Å². The van der Waals surface area contributed by atoms with Crippen molar-refractivity contribution in [2.45, 2.75) is 13.8 Å². The molecule has 10 aromatic rings. The Morgan fingerprint density at radius 3 is 0.656 bits per heavy atom. The quantitative estimate of drug-likeness (QED) is 0.128. The fourth-order valence-electron chi connectivity index (χ4n) is 8.56. The minimum absolute atomic E-state index is 1.09. The first-order valence-corrected chi connectivity index (χ1v) is 22.0. The molecule has 10 aromatic carbocycles. The predicted molar refractivity (Wildman–Crippen MR) is 272 cm³/mol. The predicted octanol–water partition coefficient (Wildman–Crippen LogP) is 17.6. The van der Waals surface area contributed by atoms with E-state index in [9.17, 15) is 0 Å². The van der Waals surface area contributed by atoms with Gasteiger partial charge in [0.05, 0.1) is 0 Å². The lowest BCUT2D eigenvalue weighted by atomic mass is 9.97. The fraction of sp³-hybridized carbons (Fsp3) is 0.0323. The SMILES string of the molecule is Cc1ccc(N(c2ccc(-c3ccc(N(c4ccc(C)cc4)c4cc(-c5ccccc5)cc(-c5ccccc5)c4)cc3)cc2)c2cc(-c3ccccc3)cc(-c3ccccc3)c2)cc1. The van der Waals surface area contributed by atoms with Crippen LogP contribution in [-0.2, 0) is 0 Å². The molecule has 306 valence electrons. The summed E-state index contributed by atoms with van der Waals surface area (Å²) in [6.45, 7) is 4.28. The number of rotatable bonds is 11. The van der Waals surface area contributed by atoms with Crippen LogP contribution < -0.4 is 9.80 Å². The third kappa shape index (κ3) is 8.63. The van der Waals surface area contributed by atoms with Gasteiger partial charge in [-0.3, -0.25) is 0 Å². The first-order chi connectivity index (χ1) is 31.5. The number of benzene rings is 10. The Kier molecular flexibility index (Phi) is 11.2. The monoisotopic (exact) mass is 820 g/mol. The molecule has 0 saturated carbocycles. The third-order valence-electron chi connectivity index (χ3n) is 11.9. The maximum atomic E-state index is 2.37. The van der Waals surface area contributed by atoms with Crippen molar-refractivity contribution in [2.24, 2.45) is 0 Å². The van der Waals surface area contributed by atoms with Crippen molar-refractivity contribution in [1.29, 1.82) is 0 Å². The summed E-state index contributed by atoms with van der Waals surface area (Å²) >= 11 is 0. The molecule has 0 unspecified atom stereocenters.